The summed E-state index contributed by atoms with van der Waals surface area (Å²) in [7, 11) is 3.08. The summed E-state index contributed by atoms with van der Waals surface area (Å²) in [6.45, 7) is 2.90. The zero-order valence-corrected chi connectivity index (χ0v) is 11.0. The number of aryl methyl sites for hydroxylation is 1. The minimum Gasteiger partial charge on any atom is -0.396 e. The number of nitrogens with zero attached hydrogens (tertiary/aromatic N) is 3. The Morgan fingerprint density at radius 1 is 1.72 bits per heavy atom. The van der Waals surface area contributed by atoms with Crippen LogP contribution in [0.3, 0.4) is 0 Å². The van der Waals surface area contributed by atoms with Gasteiger partial charge in [0.1, 0.15) is 0 Å². The molecule has 102 valence electrons. The smallest absolute Gasteiger partial charge is 0.276 e. The van der Waals surface area contributed by atoms with Crippen LogP contribution in [0.25, 0.3) is 0 Å². The summed E-state index contributed by atoms with van der Waals surface area (Å²) in [6.07, 6.45) is 0.894. The number of methoxy groups -OCH3 is 1. The number of hydrogen-bond acceptors (Lipinski definition) is 5. The molecule has 18 heavy (non-hydrogen) atoms. The molecule has 7 heteroatoms. The molecule has 0 bridgehead atoms. The van der Waals surface area contributed by atoms with E-state index in [0.717, 1.165) is 0 Å². The number of hydrogen-bond donors (Lipinski definition) is 2. The highest BCUT2D eigenvalue weighted by Crippen LogP contribution is 2.11. The standard InChI is InChI=1S/C11H20N4O3/c1-4-15-6-9(12)10(13-15)11(17)14(2)5-8(16)7-18-3/h6,8,16H,4-5,7,12H2,1-3H3. The highest BCUT2D eigenvalue weighted by Gasteiger charge is 2.20. The second-order valence-corrected chi connectivity index (χ2v) is 4.08. The predicted molar refractivity (Wildman–Crippen MR) is 67.2 cm³/mol. The number of carbonyl (C=O) groups is 1. The van der Waals surface area contributed by atoms with Gasteiger partial charge in [0.2, 0.25) is 0 Å². The summed E-state index contributed by atoms with van der Waals surface area (Å²) in [5.41, 5.74) is 6.28. The lowest BCUT2D eigenvalue weighted by atomic mass is 10.3. The van der Waals surface area contributed by atoms with E-state index in [0.29, 0.717) is 12.2 Å². The molecule has 0 saturated carbocycles. The first-order chi connectivity index (χ1) is 8.49. The van der Waals surface area contributed by atoms with Gasteiger partial charge in [-0.15, -0.1) is 0 Å². The highest BCUT2D eigenvalue weighted by molar-refractivity contribution is 5.96. The van der Waals surface area contributed by atoms with Crippen LogP contribution < -0.4 is 5.73 Å². The number of aliphatic hydroxyl groups excluding tert-OH is 1. The normalized spacial score (nSPS) is 12.4. The molecule has 1 rings (SSSR count). The van der Waals surface area contributed by atoms with Gasteiger partial charge >= 0.3 is 0 Å². The summed E-state index contributed by atoms with van der Waals surface area (Å²) in [4.78, 5) is 13.4. The first-order valence-electron chi connectivity index (χ1n) is 5.75. The summed E-state index contributed by atoms with van der Waals surface area (Å²) in [5.74, 6) is -0.310. The van der Waals surface area contributed by atoms with Crippen LogP contribution in [0.2, 0.25) is 0 Å². The molecule has 7 nitrogen and oxygen atoms in total. The maximum Gasteiger partial charge on any atom is 0.276 e. The third kappa shape index (κ3) is 3.44. The first-order valence-corrected chi connectivity index (χ1v) is 5.75. The Hall–Kier alpha value is -1.60. The second-order valence-electron chi connectivity index (χ2n) is 4.08. The number of rotatable bonds is 6. The Bertz CT molecular complexity index is 405. The Morgan fingerprint density at radius 3 is 2.89 bits per heavy atom. The van der Waals surface area contributed by atoms with E-state index in [-0.39, 0.29) is 24.8 Å². The molecular formula is C11H20N4O3. The van der Waals surface area contributed by atoms with Gasteiger partial charge < -0.3 is 20.5 Å². The molecule has 0 spiro atoms. The van der Waals surface area contributed by atoms with E-state index >= 15 is 0 Å². The van der Waals surface area contributed by atoms with Crippen LogP contribution in [0.1, 0.15) is 17.4 Å². The Kier molecular flexibility index (Phi) is 5.11. The molecule has 1 amide bonds. The predicted octanol–water partition coefficient (Wildman–Crippen LogP) is -0.435. The van der Waals surface area contributed by atoms with Crippen molar-refractivity contribution in [3.8, 4) is 0 Å². The van der Waals surface area contributed by atoms with Gasteiger partial charge in [0, 0.05) is 33.4 Å². The van der Waals surface area contributed by atoms with Crippen LogP contribution in [-0.4, -0.2) is 59.1 Å². The molecule has 0 saturated heterocycles. The SMILES string of the molecule is CCn1cc(N)c(C(=O)N(C)CC(O)COC)n1. The minimum absolute atomic E-state index is 0.172. The van der Waals surface area contributed by atoms with E-state index in [1.165, 1.54) is 12.0 Å². The van der Waals surface area contributed by atoms with Crippen molar-refractivity contribution in [2.24, 2.45) is 0 Å². The Labute approximate surface area is 106 Å². The average Bonchev–Trinajstić information content (AvgIpc) is 2.69. The van der Waals surface area contributed by atoms with Gasteiger partial charge in [-0.05, 0) is 6.92 Å². The van der Waals surface area contributed by atoms with Gasteiger partial charge in [-0.25, -0.2) is 0 Å². The lowest BCUT2D eigenvalue weighted by molar-refractivity contribution is 0.0378. The fraction of sp³-hybridized carbons (Fsp3) is 0.636. The molecule has 0 fully saturated rings. The number of likely N-dealkylation sites (N-methyl/N-ethyl adjacent to an activating group) is 1. The maximum absolute atomic E-state index is 12.1. The van der Waals surface area contributed by atoms with E-state index in [2.05, 4.69) is 5.10 Å². The van der Waals surface area contributed by atoms with E-state index in [9.17, 15) is 9.90 Å². The molecule has 0 aromatic carbocycles. The number of aromatic nitrogens is 2. The van der Waals surface area contributed by atoms with Crippen molar-refractivity contribution in [3.05, 3.63) is 11.9 Å². The van der Waals surface area contributed by atoms with Crippen molar-refractivity contribution in [1.82, 2.24) is 14.7 Å². The molecule has 1 unspecified atom stereocenters. The Morgan fingerprint density at radius 2 is 2.39 bits per heavy atom. The van der Waals surface area contributed by atoms with E-state index in [1.807, 2.05) is 6.92 Å². The zero-order valence-electron chi connectivity index (χ0n) is 11.0. The lowest BCUT2D eigenvalue weighted by Crippen LogP contribution is -2.36. The number of nitrogen functional groups attached to an aromatic ring is 1. The molecule has 1 aromatic heterocycles. The average molecular weight is 256 g/mol. The molecule has 0 aliphatic carbocycles. The molecule has 0 aliphatic heterocycles. The van der Waals surface area contributed by atoms with Crippen molar-refractivity contribution in [2.75, 3.05) is 33.0 Å². The monoisotopic (exact) mass is 256 g/mol. The molecule has 3 N–H and O–H groups in total. The van der Waals surface area contributed by atoms with Crippen LogP contribution in [0.5, 0.6) is 0 Å². The van der Waals surface area contributed by atoms with Gasteiger partial charge in [-0.2, -0.15) is 5.10 Å². The lowest BCUT2D eigenvalue weighted by Gasteiger charge is -2.19. The van der Waals surface area contributed by atoms with Gasteiger partial charge in [0.15, 0.2) is 5.69 Å². The zero-order chi connectivity index (χ0) is 13.7. The highest BCUT2D eigenvalue weighted by atomic mass is 16.5. The minimum atomic E-state index is -0.724. The van der Waals surface area contributed by atoms with Crippen molar-refractivity contribution < 1.29 is 14.6 Å². The number of nitrogens with two attached hydrogens (primary N) is 1. The third-order valence-electron chi connectivity index (χ3n) is 2.51. The Balaban J connectivity index is 2.70. The quantitative estimate of drug-likeness (QED) is 0.720. The summed E-state index contributed by atoms with van der Waals surface area (Å²) >= 11 is 0. The van der Waals surface area contributed by atoms with Crippen LogP contribution in [-0.2, 0) is 11.3 Å². The van der Waals surface area contributed by atoms with Crippen LogP contribution in [0.4, 0.5) is 5.69 Å². The maximum atomic E-state index is 12.1. The van der Waals surface area contributed by atoms with Gasteiger partial charge in [0.05, 0.1) is 18.4 Å². The molecule has 0 aliphatic rings. The van der Waals surface area contributed by atoms with Crippen LogP contribution >= 0.6 is 0 Å². The topological polar surface area (TPSA) is 93.6 Å². The van der Waals surface area contributed by atoms with Crippen molar-refractivity contribution in [2.45, 2.75) is 19.6 Å². The van der Waals surface area contributed by atoms with E-state index in [4.69, 9.17) is 10.5 Å². The number of anilines is 1. The van der Waals surface area contributed by atoms with Crippen molar-refractivity contribution in [1.29, 1.82) is 0 Å². The van der Waals surface area contributed by atoms with E-state index < -0.39 is 6.10 Å². The molecule has 1 aromatic rings. The van der Waals surface area contributed by atoms with Gasteiger partial charge in [-0.1, -0.05) is 0 Å². The first kappa shape index (κ1) is 14.5. The molecule has 1 heterocycles. The fourth-order valence-corrected chi connectivity index (χ4v) is 1.59. The number of ether oxygens (including phenoxy) is 1. The van der Waals surface area contributed by atoms with Crippen molar-refractivity contribution in [3.63, 3.8) is 0 Å². The van der Waals surface area contributed by atoms with Gasteiger partial charge in [-0.3, -0.25) is 9.48 Å². The second kappa shape index (κ2) is 6.36. The van der Waals surface area contributed by atoms with Crippen LogP contribution in [0, 0.1) is 0 Å². The number of amides is 1. The summed E-state index contributed by atoms with van der Waals surface area (Å²) < 4.78 is 6.40. The van der Waals surface area contributed by atoms with E-state index in [1.54, 1.807) is 17.9 Å². The molecular weight excluding hydrogens is 236 g/mol. The van der Waals surface area contributed by atoms with Gasteiger partial charge in [0.25, 0.3) is 5.91 Å². The number of aliphatic hydroxyl groups is 1. The van der Waals surface area contributed by atoms with Crippen LogP contribution in [0.15, 0.2) is 6.20 Å². The molecule has 0 radical (unpaired) electrons. The summed E-state index contributed by atoms with van der Waals surface area (Å²) in [6, 6.07) is 0. The fourth-order valence-electron chi connectivity index (χ4n) is 1.59. The summed E-state index contributed by atoms with van der Waals surface area (Å²) in [5, 5.41) is 13.7. The third-order valence-corrected chi connectivity index (χ3v) is 2.51. The largest absolute Gasteiger partial charge is 0.396 e. The van der Waals surface area contributed by atoms with Crippen molar-refractivity contribution >= 4 is 11.6 Å². The number of carbonyl (C=O) groups excluding carboxylic acids is 1. The molecule has 1 atom stereocenters.